The summed E-state index contributed by atoms with van der Waals surface area (Å²) in [5.41, 5.74) is 8.68. The quantitative estimate of drug-likeness (QED) is 0.444. The summed E-state index contributed by atoms with van der Waals surface area (Å²) in [5.74, 6) is 0.794. The number of amides is 1. The number of aryl methyl sites for hydroxylation is 1. The van der Waals surface area contributed by atoms with E-state index in [1.165, 1.54) is 6.33 Å². The van der Waals surface area contributed by atoms with Crippen LogP contribution in [0.15, 0.2) is 41.6 Å². The van der Waals surface area contributed by atoms with Crippen LogP contribution in [0.2, 0.25) is 0 Å². The number of anilines is 2. The largest absolute Gasteiger partial charge is 0.446 e. The smallest absolute Gasteiger partial charge is 0.404 e. The third kappa shape index (κ3) is 5.14. The lowest BCUT2D eigenvalue weighted by molar-refractivity contribution is 0.0784. The number of nitrogens with one attached hydrogen (secondary N) is 2. The lowest BCUT2D eigenvalue weighted by Gasteiger charge is -2.27. The monoisotopic (exact) mass is 496 g/mol. The van der Waals surface area contributed by atoms with Gasteiger partial charge in [0.1, 0.15) is 12.4 Å². The first-order chi connectivity index (χ1) is 16.8. The average Bonchev–Trinajstić information content (AvgIpc) is 3.63. The second kappa shape index (κ2) is 9.29. The predicted octanol–water partition coefficient (Wildman–Crippen LogP) is 3.98. The fourth-order valence-electron chi connectivity index (χ4n) is 4.62. The van der Waals surface area contributed by atoms with Gasteiger partial charge in [-0.25, -0.2) is 23.2 Å². The lowest BCUT2D eigenvalue weighted by Crippen LogP contribution is -2.26. The molecular formula is C24H28N6O4S. The number of hydrogen-bond acceptors (Lipinski definition) is 8. The molecule has 2 fully saturated rings. The van der Waals surface area contributed by atoms with Crippen LogP contribution in [-0.2, 0) is 14.6 Å². The van der Waals surface area contributed by atoms with E-state index < -0.39 is 15.9 Å². The molecule has 2 aliphatic carbocycles. The Morgan fingerprint density at radius 3 is 2.51 bits per heavy atom. The molecule has 0 radical (unpaired) electrons. The molecule has 4 N–H and O–H groups in total. The fraction of sp³-hybridized carbons (Fsp3) is 0.417. The Bertz CT molecular complexity index is 1340. The molecule has 2 saturated carbocycles. The Hall–Kier alpha value is -3.47. The molecule has 10 nitrogen and oxygen atoms in total. The number of ether oxygens (including phenoxy) is 1. The van der Waals surface area contributed by atoms with E-state index in [1.807, 2.05) is 25.1 Å². The van der Waals surface area contributed by atoms with Gasteiger partial charge in [0, 0.05) is 34.6 Å². The van der Waals surface area contributed by atoms with E-state index in [1.54, 1.807) is 12.1 Å². The summed E-state index contributed by atoms with van der Waals surface area (Å²) in [5, 5.41) is 9.86. The minimum absolute atomic E-state index is 0.168. The Balaban J connectivity index is 1.44. The van der Waals surface area contributed by atoms with Crippen molar-refractivity contribution in [2.24, 2.45) is 5.73 Å². The van der Waals surface area contributed by atoms with E-state index in [4.69, 9.17) is 10.5 Å². The average molecular weight is 497 g/mol. The highest BCUT2D eigenvalue weighted by molar-refractivity contribution is 7.92. The molecule has 0 spiro atoms. The molecule has 5 rings (SSSR count). The molecule has 35 heavy (non-hydrogen) atoms. The maximum atomic E-state index is 13.4. The van der Waals surface area contributed by atoms with Crippen molar-refractivity contribution in [2.45, 2.75) is 67.6 Å². The molecule has 0 aliphatic heterocycles. The first-order valence-corrected chi connectivity index (χ1v) is 13.3. The minimum atomic E-state index is -3.50. The van der Waals surface area contributed by atoms with E-state index in [2.05, 4.69) is 25.5 Å². The van der Waals surface area contributed by atoms with Gasteiger partial charge in [0.2, 0.25) is 0 Å². The van der Waals surface area contributed by atoms with Gasteiger partial charge in [-0.05, 0) is 69.7 Å². The summed E-state index contributed by atoms with van der Waals surface area (Å²) >= 11 is 0. The molecule has 3 aromatic rings. The number of aromatic nitrogens is 4. The number of carbonyl (C=O) groups is 1. The molecule has 2 aromatic heterocycles. The molecule has 0 atom stereocenters. The summed E-state index contributed by atoms with van der Waals surface area (Å²) < 4.78 is 31.9. The molecular weight excluding hydrogens is 468 g/mol. The van der Waals surface area contributed by atoms with Crippen LogP contribution in [0.5, 0.6) is 0 Å². The van der Waals surface area contributed by atoms with E-state index in [-0.39, 0.29) is 22.2 Å². The number of aromatic amines is 1. The van der Waals surface area contributed by atoms with Crippen LogP contribution in [-0.4, -0.2) is 46.0 Å². The molecule has 2 aliphatic rings. The van der Waals surface area contributed by atoms with Gasteiger partial charge in [-0.3, -0.25) is 5.10 Å². The van der Waals surface area contributed by atoms with Crippen molar-refractivity contribution in [1.82, 2.24) is 20.2 Å². The Morgan fingerprint density at radius 2 is 1.86 bits per heavy atom. The van der Waals surface area contributed by atoms with E-state index in [9.17, 15) is 13.2 Å². The van der Waals surface area contributed by atoms with Crippen molar-refractivity contribution in [1.29, 1.82) is 0 Å². The molecule has 184 valence electrons. The zero-order chi connectivity index (χ0) is 24.6. The zero-order valence-electron chi connectivity index (χ0n) is 19.4. The number of rotatable bonds is 7. The fourth-order valence-corrected chi connectivity index (χ4v) is 6.50. The number of H-pyrrole nitrogens is 1. The van der Waals surface area contributed by atoms with Crippen molar-refractivity contribution in [3.05, 3.63) is 48.0 Å². The Morgan fingerprint density at radius 1 is 1.09 bits per heavy atom. The first-order valence-electron chi connectivity index (χ1n) is 11.7. The molecule has 0 saturated heterocycles. The topological polar surface area (TPSA) is 153 Å². The van der Waals surface area contributed by atoms with E-state index in [0.29, 0.717) is 48.4 Å². The van der Waals surface area contributed by atoms with Gasteiger partial charge in [-0.2, -0.15) is 5.10 Å². The minimum Gasteiger partial charge on any atom is -0.446 e. The number of sulfone groups is 1. The van der Waals surface area contributed by atoms with Gasteiger partial charge in [-0.1, -0.05) is 0 Å². The van der Waals surface area contributed by atoms with Crippen LogP contribution in [0.1, 0.15) is 55.8 Å². The van der Waals surface area contributed by atoms with Crippen LogP contribution in [0.25, 0.3) is 11.3 Å². The van der Waals surface area contributed by atoms with Gasteiger partial charge >= 0.3 is 6.09 Å². The first kappa shape index (κ1) is 23.3. The summed E-state index contributed by atoms with van der Waals surface area (Å²) in [7, 11) is -3.50. The number of carbonyl (C=O) groups excluding carboxylic acids is 1. The van der Waals surface area contributed by atoms with Crippen LogP contribution >= 0.6 is 0 Å². The summed E-state index contributed by atoms with van der Waals surface area (Å²) in [6.45, 7) is 1.90. The SMILES string of the molecule is Cc1cc(Nc2ccc(-c3cc(C4CCC(OC(N)=O)CC4)ncn3)c(S(=O)(=O)C3CC3)c2)n[nH]1. The number of benzene rings is 1. The number of nitrogens with two attached hydrogens (primary N) is 1. The van der Waals surface area contributed by atoms with Crippen LogP contribution in [0.3, 0.4) is 0 Å². The van der Waals surface area contributed by atoms with E-state index >= 15 is 0 Å². The maximum absolute atomic E-state index is 13.4. The van der Waals surface area contributed by atoms with Gasteiger partial charge in [0.15, 0.2) is 15.7 Å². The molecule has 1 amide bonds. The highest BCUT2D eigenvalue weighted by atomic mass is 32.2. The third-order valence-electron chi connectivity index (χ3n) is 6.57. The highest BCUT2D eigenvalue weighted by Crippen LogP contribution is 2.40. The van der Waals surface area contributed by atoms with Gasteiger partial charge in [0.05, 0.1) is 15.8 Å². The normalized spacial score (nSPS) is 20.4. The van der Waals surface area contributed by atoms with Crippen molar-refractivity contribution >= 4 is 27.4 Å². The third-order valence-corrected chi connectivity index (χ3v) is 8.87. The van der Waals surface area contributed by atoms with Crippen molar-refractivity contribution in [3.63, 3.8) is 0 Å². The standard InChI is InChI=1S/C24H28N6O4S/c1-14-10-23(30-29-14)28-16-4-9-19(22(11-16)35(32,33)18-7-8-18)21-12-20(26-13-27-21)15-2-5-17(6-3-15)34-24(25)31/h4,9-13,15,17-18H,2-3,5-8H2,1H3,(H2,25,31)(H2,28,29,30). The summed E-state index contributed by atoms with van der Waals surface area (Å²) in [6.07, 6.45) is 4.93. The summed E-state index contributed by atoms with van der Waals surface area (Å²) in [6, 6.07) is 9.02. The van der Waals surface area contributed by atoms with Crippen molar-refractivity contribution in [3.8, 4) is 11.3 Å². The maximum Gasteiger partial charge on any atom is 0.404 e. The molecule has 2 heterocycles. The molecule has 11 heteroatoms. The summed E-state index contributed by atoms with van der Waals surface area (Å²) in [4.78, 5) is 20.2. The van der Waals surface area contributed by atoms with Gasteiger partial charge in [-0.15, -0.1) is 0 Å². The highest BCUT2D eigenvalue weighted by Gasteiger charge is 2.38. The molecule has 0 unspecified atom stereocenters. The second-order valence-electron chi connectivity index (χ2n) is 9.26. The number of hydrogen-bond donors (Lipinski definition) is 3. The van der Waals surface area contributed by atoms with Crippen LogP contribution in [0.4, 0.5) is 16.3 Å². The number of primary amides is 1. The zero-order valence-corrected chi connectivity index (χ0v) is 20.2. The Labute approximate surface area is 203 Å². The van der Waals surface area contributed by atoms with Gasteiger partial charge < -0.3 is 15.8 Å². The number of nitrogens with zero attached hydrogens (tertiary/aromatic N) is 3. The Kier molecular flexibility index (Phi) is 6.18. The van der Waals surface area contributed by atoms with Gasteiger partial charge in [0.25, 0.3) is 0 Å². The molecule has 1 aromatic carbocycles. The predicted molar refractivity (Wildman–Crippen MR) is 130 cm³/mol. The molecule has 0 bridgehead atoms. The van der Waals surface area contributed by atoms with E-state index in [0.717, 1.165) is 24.2 Å². The van der Waals surface area contributed by atoms with Crippen LogP contribution < -0.4 is 11.1 Å². The van der Waals surface area contributed by atoms with Crippen molar-refractivity contribution < 1.29 is 17.9 Å². The van der Waals surface area contributed by atoms with Crippen molar-refractivity contribution in [2.75, 3.05) is 5.32 Å². The van der Waals surface area contributed by atoms with Crippen LogP contribution in [0, 0.1) is 6.92 Å². The second-order valence-corrected chi connectivity index (χ2v) is 11.5. The lowest BCUT2D eigenvalue weighted by atomic mass is 9.85.